The molecule has 0 spiro atoms. The van der Waals surface area contributed by atoms with E-state index in [9.17, 15) is 18.0 Å². The molecule has 0 fully saturated rings. The lowest BCUT2D eigenvalue weighted by molar-refractivity contribution is 0.0135. The van der Waals surface area contributed by atoms with Gasteiger partial charge < -0.3 is 4.98 Å². The molecule has 2 nitrogen and oxygen atoms in total. The Hall–Kier alpha value is -1.26. The fourth-order valence-corrected chi connectivity index (χ4v) is 0.790. The van der Waals surface area contributed by atoms with E-state index < -0.39 is 22.9 Å². The lowest BCUT2D eigenvalue weighted by Gasteiger charge is -2.09. The van der Waals surface area contributed by atoms with Crippen LogP contribution in [0.4, 0.5) is 13.2 Å². The number of nitrogens with one attached hydrogen (secondary N) is 1. The molecule has 0 radical (unpaired) electrons. The molecule has 0 aliphatic carbocycles. The van der Waals surface area contributed by atoms with Crippen molar-refractivity contribution < 1.29 is 13.2 Å². The highest BCUT2D eigenvalue weighted by Crippen LogP contribution is 2.27. The van der Waals surface area contributed by atoms with Crippen molar-refractivity contribution in [3.8, 4) is 0 Å². The zero-order valence-electron chi connectivity index (χ0n) is 6.20. The molecule has 0 saturated heterocycles. The van der Waals surface area contributed by atoms with E-state index in [0.29, 0.717) is 19.2 Å². The highest BCUT2D eigenvalue weighted by atomic mass is 19.3. The molecule has 0 aromatic carbocycles. The van der Waals surface area contributed by atoms with Crippen LogP contribution < -0.4 is 5.56 Å². The maximum Gasteiger partial charge on any atom is 0.273 e. The third-order valence-electron chi connectivity index (χ3n) is 1.35. The molecule has 5 heteroatoms. The minimum absolute atomic E-state index is 0.533. The first kappa shape index (κ1) is 8.83. The molecule has 0 atom stereocenters. The molecular formula is C7H6F3NO. The van der Waals surface area contributed by atoms with E-state index in [0.717, 1.165) is 0 Å². The number of aromatic nitrogens is 1. The molecule has 0 unspecified atom stereocenters. The number of H-pyrrole nitrogens is 1. The predicted octanol–water partition coefficient (Wildman–Crippen LogP) is 1.63. The van der Waals surface area contributed by atoms with Crippen molar-refractivity contribution in [2.45, 2.75) is 12.8 Å². The summed E-state index contributed by atoms with van der Waals surface area (Å²) < 4.78 is 37.6. The van der Waals surface area contributed by atoms with E-state index >= 15 is 0 Å². The maximum atomic E-state index is 12.6. The number of aromatic amines is 1. The van der Waals surface area contributed by atoms with Gasteiger partial charge in [-0.15, -0.1) is 0 Å². The molecule has 0 aliphatic rings. The van der Waals surface area contributed by atoms with Gasteiger partial charge in [0, 0.05) is 19.2 Å². The molecule has 1 heterocycles. The van der Waals surface area contributed by atoms with Gasteiger partial charge in [-0.25, -0.2) is 13.2 Å². The first-order valence-electron chi connectivity index (χ1n) is 3.18. The molecule has 1 N–H and O–H groups in total. The normalized spacial score (nSPS) is 11.7. The summed E-state index contributed by atoms with van der Waals surface area (Å²) in [6.07, 6.45) is 0.620. The Bertz CT molecular complexity index is 339. The zero-order chi connectivity index (χ0) is 9.35. The van der Waals surface area contributed by atoms with Gasteiger partial charge in [0.1, 0.15) is 5.82 Å². The quantitative estimate of drug-likeness (QED) is 0.694. The van der Waals surface area contributed by atoms with Crippen LogP contribution in [0.15, 0.2) is 17.1 Å². The van der Waals surface area contributed by atoms with Gasteiger partial charge in [0.05, 0.1) is 5.56 Å². The van der Waals surface area contributed by atoms with Crippen LogP contribution in [0.25, 0.3) is 0 Å². The van der Waals surface area contributed by atoms with Crippen molar-refractivity contribution in [2.75, 3.05) is 0 Å². The average Bonchev–Trinajstić information content (AvgIpc) is 1.92. The second-order valence-electron chi connectivity index (χ2n) is 2.45. The van der Waals surface area contributed by atoms with E-state index in [2.05, 4.69) is 0 Å². The Kier molecular flexibility index (Phi) is 1.95. The number of rotatable bonds is 1. The van der Waals surface area contributed by atoms with Gasteiger partial charge in [-0.3, -0.25) is 4.79 Å². The predicted molar refractivity (Wildman–Crippen MR) is 36.6 cm³/mol. The Morgan fingerprint density at radius 3 is 2.50 bits per heavy atom. The van der Waals surface area contributed by atoms with Gasteiger partial charge in [-0.05, 0) is 0 Å². The van der Waals surface area contributed by atoms with Crippen LogP contribution >= 0.6 is 0 Å². The zero-order valence-corrected chi connectivity index (χ0v) is 6.20. The number of halogens is 3. The largest absolute Gasteiger partial charge is 0.326 e. The first-order chi connectivity index (χ1) is 5.41. The molecule has 0 aliphatic heterocycles. The van der Waals surface area contributed by atoms with Gasteiger partial charge in [0.2, 0.25) is 5.56 Å². The lowest BCUT2D eigenvalue weighted by atomic mass is 10.1. The van der Waals surface area contributed by atoms with Gasteiger partial charge in [-0.1, -0.05) is 0 Å². The molecule has 1 aromatic heterocycles. The Labute approximate surface area is 66.0 Å². The molecule has 12 heavy (non-hydrogen) atoms. The van der Waals surface area contributed by atoms with Crippen LogP contribution in [-0.4, -0.2) is 4.98 Å². The lowest BCUT2D eigenvalue weighted by Crippen LogP contribution is -2.16. The monoisotopic (exact) mass is 177 g/mol. The molecule has 1 aromatic rings. The highest BCUT2D eigenvalue weighted by Gasteiger charge is 2.28. The first-order valence-corrected chi connectivity index (χ1v) is 3.18. The van der Waals surface area contributed by atoms with E-state index in [1.54, 1.807) is 0 Å². The summed E-state index contributed by atoms with van der Waals surface area (Å²) in [6, 6.07) is 0.551. The van der Waals surface area contributed by atoms with Crippen molar-refractivity contribution in [3.05, 3.63) is 34.0 Å². The second-order valence-corrected chi connectivity index (χ2v) is 2.45. The van der Waals surface area contributed by atoms with Crippen LogP contribution in [-0.2, 0) is 5.92 Å². The summed E-state index contributed by atoms with van der Waals surface area (Å²) in [4.78, 5) is 12.5. The molecule has 66 valence electrons. The standard InChI is InChI=1S/C7H6F3NO/c1-7(9,10)4-2-6(12)11-3-5(4)8/h2-3H,1H3,(H,11,12). The van der Waals surface area contributed by atoms with E-state index in [1.807, 2.05) is 4.98 Å². The summed E-state index contributed by atoms with van der Waals surface area (Å²) in [5.74, 6) is -4.43. The summed E-state index contributed by atoms with van der Waals surface area (Å²) in [5.41, 5.74) is -1.63. The van der Waals surface area contributed by atoms with Gasteiger partial charge in [0.25, 0.3) is 5.92 Å². The number of hydrogen-bond donors (Lipinski definition) is 1. The van der Waals surface area contributed by atoms with Gasteiger partial charge in [0.15, 0.2) is 0 Å². The Morgan fingerprint density at radius 2 is 2.08 bits per heavy atom. The van der Waals surface area contributed by atoms with Crippen LogP contribution in [0.3, 0.4) is 0 Å². The molecule has 0 bridgehead atoms. The second kappa shape index (κ2) is 2.66. The average molecular weight is 177 g/mol. The van der Waals surface area contributed by atoms with Gasteiger partial charge >= 0.3 is 0 Å². The van der Waals surface area contributed by atoms with Crippen molar-refractivity contribution in [3.63, 3.8) is 0 Å². The fraction of sp³-hybridized carbons (Fsp3) is 0.286. The summed E-state index contributed by atoms with van der Waals surface area (Å²) in [5, 5.41) is 0. The van der Waals surface area contributed by atoms with E-state index in [1.165, 1.54) is 0 Å². The third kappa shape index (κ3) is 1.66. The molecule has 0 saturated carbocycles. The minimum atomic E-state index is -3.32. The van der Waals surface area contributed by atoms with E-state index in [4.69, 9.17) is 0 Å². The van der Waals surface area contributed by atoms with E-state index in [-0.39, 0.29) is 0 Å². The number of alkyl halides is 2. The summed E-state index contributed by atoms with van der Waals surface area (Å²) in [7, 11) is 0. The summed E-state index contributed by atoms with van der Waals surface area (Å²) >= 11 is 0. The van der Waals surface area contributed by atoms with Crippen LogP contribution in [0.1, 0.15) is 12.5 Å². The topological polar surface area (TPSA) is 32.9 Å². The molecule has 1 rings (SSSR count). The smallest absolute Gasteiger partial charge is 0.273 e. The van der Waals surface area contributed by atoms with Crippen LogP contribution in [0, 0.1) is 5.82 Å². The highest BCUT2D eigenvalue weighted by molar-refractivity contribution is 5.17. The number of pyridine rings is 1. The Balaban J connectivity index is 3.33. The molecular weight excluding hydrogens is 171 g/mol. The van der Waals surface area contributed by atoms with Gasteiger partial charge in [-0.2, -0.15) is 0 Å². The SMILES string of the molecule is CC(F)(F)c1cc(=O)[nH]cc1F. The van der Waals surface area contributed by atoms with Crippen molar-refractivity contribution >= 4 is 0 Å². The maximum absolute atomic E-state index is 12.6. The van der Waals surface area contributed by atoms with Crippen molar-refractivity contribution in [1.29, 1.82) is 0 Å². The number of hydrogen-bond acceptors (Lipinski definition) is 1. The third-order valence-corrected chi connectivity index (χ3v) is 1.35. The van der Waals surface area contributed by atoms with Crippen LogP contribution in [0.5, 0.6) is 0 Å². The van der Waals surface area contributed by atoms with Crippen molar-refractivity contribution in [2.24, 2.45) is 0 Å². The Morgan fingerprint density at radius 1 is 1.50 bits per heavy atom. The minimum Gasteiger partial charge on any atom is -0.326 e. The molecule has 0 amide bonds. The van der Waals surface area contributed by atoms with Crippen molar-refractivity contribution in [1.82, 2.24) is 4.98 Å². The van der Waals surface area contributed by atoms with Crippen LogP contribution in [0.2, 0.25) is 0 Å². The fourth-order valence-electron chi connectivity index (χ4n) is 0.790. The summed E-state index contributed by atoms with van der Waals surface area (Å²) in [6.45, 7) is 0.533.